The van der Waals surface area contributed by atoms with Crippen molar-refractivity contribution in [1.29, 1.82) is 0 Å². The van der Waals surface area contributed by atoms with Crippen molar-refractivity contribution in [2.24, 2.45) is 0 Å². The summed E-state index contributed by atoms with van der Waals surface area (Å²) in [7, 11) is 0. The van der Waals surface area contributed by atoms with E-state index in [-0.39, 0.29) is 18.7 Å². The second kappa shape index (κ2) is 10.2. The average molecular weight is 485 g/mol. The van der Waals surface area contributed by atoms with Gasteiger partial charge in [-0.2, -0.15) is 0 Å². The molecule has 0 saturated heterocycles. The predicted octanol–water partition coefficient (Wildman–Crippen LogP) is 5.13. The van der Waals surface area contributed by atoms with Gasteiger partial charge in [-0.05, 0) is 48.9 Å². The van der Waals surface area contributed by atoms with E-state index in [1.165, 1.54) is 35.9 Å². The van der Waals surface area contributed by atoms with E-state index in [2.05, 4.69) is 37.6 Å². The number of nitrogens with one attached hydrogen (secondary N) is 1. The van der Waals surface area contributed by atoms with Gasteiger partial charge >= 0.3 is 0 Å². The van der Waals surface area contributed by atoms with E-state index in [9.17, 15) is 4.79 Å². The molecule has 1 atom stereocenters. The Hall–Kier alpha value is -2.52. The van der Waals surface area contributed by atoms with Crippen LogP contribution in [0.4, 0.5) is 0 Å². The summed E-state index contributed by atoms with van der Waals surface area (Å²) in [5.74, 6) is 2.75. The van der Waals surface area contributed by atoms with Gasteiger partial charge in [0.25, 0.3) is 0 Å². The summed E-state index contributed by atoms with van der Waals surface area (Å²) in [5.41, 5.74) is 0.987. The minimum atomic E-state index is -0.127. The number of hydrogen-bond acceptors (Lipinski definition) is 7. The number of thiophene rings is 1. The van der Waals surface area contributed by atoms with E-state index >= 15 is 0 Å². The van der Waals surface area contributed by atoms with Gasteiger partial charge in [0.1, 0.15) is 5.82 Å². The van der Waals surface area contributed by atoms with Gasteiger partial charge in [0.15, 0.2) is 16.7 Å². The second-order valence-electron chi connectivity index (χ2n) is 8.51. The largest absolute Gasteiger partial charge is 0.454 e. The highest BCUT2D eigenvalue weighted by molar-refractivity contribution is 7.99. The monoisotopic (exact) mass is 484 g/mol. The van der Waals surface area contributed by atoms with E-state index < -0.39 is 0 Å². The molecule has 1 aliphatic carbocycles. The van der Waals surface area contributed by atoms with Gasteiger partial charge in [-0.15, -0.1) is 21.5 Å². The molecule has 1 amide bonds. The van der Waals surface area contributed by atoms with Crippen molar-refractivity contribution in [3.05, 3.63) is 52.0 Å². The molecule has 0 bridgehead atoms. The van der Waals surface area contributed by atoms with Crippen LogP contribution in [0.1, 0.15) is 67.4 Å². The highest BCUT2D eigenvalue weighted by atomic mass is 32.2. The Balaban J connectivity index is 1.24. The standard InChI is InChI=1S/C24H28N4O3S2/c1-16(17-9-10-20-21(12-17)31-15-30-20)25-23(29)14-33-24-27-26-22(13-19-8-5-11-32-19)28(24)18-6-3-2-4-7-18/h5,8-12,16,18H,2-4,6-7,13-15H2,1H3,(H,25,29)/t16-/m0/s1. The van der Waals surface area contributed by atoms with Gasteiger partial charge in [-0.1, -0.05) is 43.2 Å². The molecule has 7 nitrogen and oxygen atoms in total. The number of hydrogen-bond donors (Lipinski definition) is 1. The molecule has 2 aliphatic rings. The number of benzene rings is 1. The molecule has 33 heavy (non-hydrogen) atoms. The number of rotatable bonds is 8. The number of carbonyl (C=O) groups excluding carboxylic acids is 1. The quantitative estimate of drug-likeness (QED) is 0.447. The molecule has 174 valence electrons. The van der Waals surface area contributed by atoms with Crippen molar-refractivity contribution in [1.82, 2.24) is 20.1 Å². The first-order valence-corrected chi connectivity index (χ1v) is 13.3. The fourth-order valence-corrected chi connectivity index (χ4v) is 6.02. The maximum absolute atomic E-state index is 12.7. The van der Waals surface area contributed by atoms with Crippen LogP contribution in [0.5, 0.6) is 11.5 Å². The average Bonchev–Trinajstić information content (AvgIpc) is 3.59. The highest BCUT2D eigenvalue weighted by Gasteiger charge is 2.24. The Bertz CT molecular complexity index is 1090. The third kappa shape index (κ3) is 5.19. The lowest BCUT2D eigenvalue weighted by molar-refractivity contribution is -0.119. The fourth-order valence-electron chi connectivity index (χ4n) is 4.48. The smallest absolute Gasteiger partial charge is 0.231 e. The maximum Gasteiger partial charge on any atom is 0.231 e. The normalized spacial score (nSPS) is 16.6. The number of carbonyl (C=O) groups is 1. The Labute approximate surface area is 201 Å². The molecule has 1 N–H and O–H groups in total. The van der Waals surface area contributed by atoms with Gasteiger partial charge in [0, 0.05) is 17.3 Å². The first-order valence-electron chi connectivity index (χ1n) is 11.5. The Morgan fingerprint density at radius 2 is 2.06 bits per heavy atom. The lowest BCUT2D eigenvalue weighted by Gasteiger charge is -2.25. The van der Waals surface area contributed by atoms with E-state index in [1.807, 2.05) is 25.1 Å². The van der Waals surface area contributed by atoms with E-state index in [0.29, 0.717) is 11.8 Å². The van der Waals surface area contributed by atoms with Crippen LogP contribution in [-0.4, -0.2) is 33.2 Å². The van der Waals surface area contributed by atoms with Gasteiger partial charge in [-0.3, -0.25) is 4.79 Å². The number of ether oxygens (including phenoxy) is 2. The number of nitrogens with zero attached hydrogens (tertiary/aromatic N) is 3. The molecule has 2 aromatic heterocycles. The van der Waals surface area contributed by atoms with Gasteiger partial charge in [0.05, 0.1) is 11.8 Å². The fraction of sp³-hybridized carbons (Fsp3) is 0.458. The van der Waals surface area contributed by atoms with Crippen molar-refractivity contribution in [3.63, 3.8) is 0 Å². The molecular weight excluding hydrogens is 456 g/mol. The van der Waals surface area contributed by atoms with Crippen LogP contribution in [0.25, 0.3) is 0 Å². The summed E-state index contributed by atoms with van der Waals surface area (Å²) >= 11 is 3.22. The van der Waals surface area contributed by atoms with E-state index in [1.54, 1.807) is 11.3 Å². The molecule has 9 heteroatoms. The maximum atomic E-state index is 12.7. The molecule has 1 fully saturated rings. The van der Waals surface area contributed by atoms with Crippen LogP contribution < -0.4 is 14.8 Å². The first kappa shape index (κ1) is 22.3. The molecule has 0 spiro atoms. The summed E-state index contributed by atoms with van der Waals surface area (Å²) in [6.07, 6.45) is 6.85. The molecule has 0 radical (unpaired) electrons. The topological polar surface area (TPSA) is 78.3 Å². The number of aromatic nitrogens is 3. The number of thioether (sulfide) groups is 1. The summed E-state index contributed by atoms with van der Waals surface area (Å²) in [5, 5.41) is 15.0. The Morgan fingerprint density at radius 3 is 2.88 bits per heavy atom. The lowest BCUT2D eigenvalue weighted by Crippen LogP contribution is -2.28. The van der Waals surface area contributed by atoms with Crippen molar-refractivity contribution in [2.45, 2.75) is 62.7 Å². The second-order valence-corrected chi connectivity index (χ2v) is 10.5. The number of amides is 1. The number of fused-ring (bicyclic) bond motifs is 1. The summed E-state index contributed by atoms with van der Waals surface area (Å²) < 4.78 is 13.1. The van der Waals surface area contributed by atoms with Crippen molar-refractivity contribution in [3.8, 4) is 11.5 Å². The molecule has 0 unspecified atom stereocenters. The van der Waals surface area contributed by atoms with Gasteiger partial charge < -0.3 is 19.4 Å². The third-order valence-corrected chi connectivity index (χ3v) is 8.01. The van der Waals surface area contributed by atoms with E-state index in [4.69, 9.17) is 9.47 Å². The molecule has 5 rings (SSSR count). The molecule has 3 aromatic rings. The van der Waals surface area contributed by atoms with Crippen LogP contribution >= 0.6 is 23.1 Å². The molecule has 3 heterocycles. The van der Waals surface area contributed by atoms with Crippen LogP contribution in [0.15, 0.2) is 40.9 Å². The molecule has 1 aliphatic heterocycles. The van der Waals surface area contributed by atoms with Crippen LogP contribution in [-0.2, 0) is 11.2 Å². The molecule has 1 aromatic carbocycles. The van der Waals surface area contributed by atoms with Gasteiger partial charge in [0.2, 0.25) is 12.7 Å². The summed E-state index contributed by atoms with van der Waals surface area (Å²) in [4.78, 5) is 14.0. The van der Waals surface area contributed by atoms with Crippen LogP contribution in [0.2, 0.25) is 0 Å². The van der Waals surface area contributed by atoms with Crippen molar-refractivity contribution < 1.29 is 14.3 Å². The molecule has 1 saturated carbocycles. The first-order chi connectivity index (χ1) is 16.2. The van der Waals surface area contributed by atoms with Gasteiger partial charge in [-0.25, -0.2) is 0 Å². The zero-order chi connectivity index (χ0) is 22.6. The molecular formula is C24H28N4O3S2. The predicted molar refractivity (Wildman–Crippen MR) is 129 cm³/mol. The Morgan fingerprint density at radius 1 is 1.21 bits per heavy atom. The van der Waals surface area contributed by atoms with Crippen molar-refractivity contribution in [2.75, 3.05) is 12.5 Å². The van der Waals surface area contributed by atoms with Crippen LogP contribution in [0, 0.1) is 0 Å². The highest BCUT2D eigenvalue weighted by Crippen LogP contribution is 2.35. The minimum Gasteiger partial charge on any atom is -0.454 e. The SMILES string of the molecule is C[C@H](NC(=O)CSc1nnc(Cc2cccs2)n1C1CCCCC1)c1ccc2c(c1)OCO2. The minimum absolute atomic E-state index is 0.0248. The van der Waals surface area contributed by atoms with Crippen LogP contribution in [0.3, 0.4) is 0 Å². The Kier molecular flexibility index (Phi) is 6.87. The zero-order valence-corrected chi connectivity index (χ0v) is 20.3. The van der Waals surface area contributed by atoms with Crippen molar-refractivity contribution >= 4 is 29.0 Å². The zero-order valence-electron chi connectivity index (χ0n) is 18.7. The van der Waals surface area contributed by atoms with E-state index in [0.717, 1.165) is 47.3 Å². The third-order valence-electron chi connectivity index (χ3n) is 6.19. The lowest BCUT2D eigenvalue weighted by atomic mass is 9.95. The summed E-state index contributed by atoms with van der Waals surface area (Å²) in [6, 6.07) is 10.3. The summed E-state index contributed by atoms with van der Waals surface area (Å²) in [6.45, 7) is 2.22.